The standard InChI is InChI=1S/C16H21NO3S/c1-2-10-3-4-12-11(7-10)8-13(21-12)14(18)17-9-16(5-6-16)15(19)20/h8,10H,2-7,9H2,1H3,(H,17,18)(H,19,20). The van der Waals surface area contributed by atoms with Crippen molar-refractivity contribution in [3.8, 4) is 0 Å². The first-order valence-corrected chi connectivity index (χ1v) is 8.49. The molecule has 0 spiro atoms. The van der Waals surface area contributed by atoms with Gasteiger partial charge < -0.3 is 10.4 Å². The van der Waals surface area contributed by atoms with E-state index in [0.29, 0.717) is 12.8 Å². The molecule has 1 atom stereocenters. The number of thiophene rings is 1. The van der Waals surface area contributed by atoms with Gasteiger partial charge in [0.25, 0.3) is 5.91 Å². The summed E-state index contributed by atoms with van der Waals surface area (Å²) in [5, 5.41) is 11.9. The minimum Gasteiger partial charge on any atom is -0.481 e. The van der Waals surface area contributed by atoms with Gasteiger partial charge in [0.15, 0.2) is 0 Å². The summed E-state index contributed by atoms with van der Waals surface area (Å²) in [6, 6.07) is 2.01. The summed E-state index contributed by atoms with van der Waals surface area (Å²) in [5.74, 6) is -0.168. The van der Waals surface area contributed by atoms with Crippen molar-refractivity contribution in [1.29, 1.82) is 0 Å². The molecule has 1 unspecified atom stereocenters. The molecule has 1 heterocycles. The fourth-order valence-corrected chi connectivity index (χ4v) is 4.14. The van der Waals surface area contributed by atoms with Crippen LogP contribution in [0.3, 0.4) is 0 Å². The van der Waals surface area contributed by atoms with Crippen LogP contribution in [-0.2, 0) is 17.6 Å². The molecular weight excluding hydrogens is 286 g/mol. The number of carboxylic acid groups (broad SMARTS) is 1. The quantitative estimate of drug-likeness (QED) is 0.879. The van der Waals surface area contributed by atoms with Gasteiger partial charge >= 0.3 is 5.97 Å². The number of carbonyl (C=O) groups excluding carboxylic acids is 1. The van der Waals surface area contributed by atoms with Crippen LogP contribution in [0.1, 0.15) is 52.7 Å². The van der Waals surface area contributed by atoms with Crippen LogP contribution in [0.2, 0.25) is 0 Å². The highest BCUT2D eigenvalue weighted by Gasteiger charge is 2.50. The van der Waals surface area contributed by atoms with E-state index in [2.05, 4.69) is 12.2 Å². The Kier molecular flexibility index (Phi) is 3.78. The molecule has 0 saturated heterocycles. The van der Waals surface area contributed by atoms with Gasteiger partial charge in [-0.1, -0.05) is 13.3 Å². The van der Waals surface area contributed by atoms with Crippen molar-refractivity contribution < 1.29 is 14.7 Å². The molecule has 0 aliphatic heterocycles. The van der Waals surface area contributed by atoms with E-state index in [1.165, 1.54) is 23.3 Å². The van der Waals surface area contributed by atoms with Gasteiger partial charge in [-0.25, -0.2) is 0 Å². The Balaban J connectivity index is 1.64. The van der Waals surface area contributed by atoms with Crippen LogP contribution in [0.25, 0.3) is 0 Å². The molecule has 3 rings (SSSR count). The van der Waals surface area contributed by atoms with E-state index in [4.69, 9.17) is 5.11 Å². The third-order valence-electron chi connectivity index (χ3n) is 4.88. The number of fused-ring (bicyclic) bond motifs is 1. The summed E-state index contributed by atoms with van der Waals surface area (Å²) in [4.78, 5) is 25.4. The molecule has 114 valence electrons. The average molecular weight is 307 g/mol. The van der Waals surface area contributed by atoms with E-state index >= 15 is 0 Å². The van der Waals surface area contributed by atoms with E-state index in [1.807, 2.05) is 6.07 Å². The molecule has 21 heavy (non-hydrogen) atoms. The second-order valence-electron chi connectivity index (χ2n) is 6.34. The largest absolute Gasteiger partial charge is 0.481 e. The minimum absolute atomic E-state index is 0.116. The summed E-state index contributed by atoms with van der Waals surface area (Å²) in [6.07, 6.45) is 5.90. The van der Waals surface area contributed by atoms with Crippen molar-refractivity contribution in [2.45, 2.75) is 45.4 Å². The monoisotopic (exact) mass is 307 g/mol. The van der Waals surface area contributed by atoms with E-state index in [9.17, 15) is 9.59 Å². The minimum atomic E-state index is -0.793. The summed E-state index contributed by atoms with van der Waals surface area (Å²) >= 11 is 1.58. The second kappa shape index (κ2) is 5.44. The highest BCUT2D eigenvalue weighted by Crippen LogP contribution is 2.45. The van der Waals surface area contributed by atoms with Crippen LogP contribution in [0.4, 0.5) is 0 Å². The maximum atomic E-state index is 12.2. The Labute approximate surface area is 128 Å². The van der Waals surface area contributed by atoms with E-state index in [-0.39, 0.29) is 12.5 Å². The van der Waals surface area contributed by atoms with Crippen LogP contribution in [0.5, 0.6) is 0 Å². The molecule has 1 amide bonds. The van der Waals surface area contributed by atoms with Crippen molar-refractivity contribution >= 4 is 23.2 Å². The highest BCUT2D eigenvalue weighted by atomic mass is 32.1. The summed E-state index contributed by atoms with van der Waals surface area (Å²) in [5.41, 5.74) is 0.627. The van der Waals surface area contributed by atoms with Crippen LogP contribution in [-0.4, -0.2) is 23.5 Å². The highest BCUT2D eigenvalue weighted by molar-refractivity contribution is 7.14. The molecule has 0 aromatic carbocycles. The lowest BCUT2D eigenvalue weighted by Crippen LogP contribution is -2.33. The van der Waals surface area contributed by atoms with Crippen LogP contribution in [0, 0.1) is 11.3 Å². The van der Waals surface area contributed by atoms with Gasteiger partial charge in [0.2, 0.25) is 0 Å². The molecule has 2 aliphatic rings. The summed E-state index contributed by atoms with van der Waals surface area (Å²) < 4.78 is 0. The smallest absolute Gasteiger partial charge is 0.311 e. The topological polar surface area (TPSA) is 66.4 Å². The van der Waals surface area contributed by atoms with Crippen LogP contribution in [0.15, 0.2) is 6.07 Å². The predicted octanol–water partition coefficient (Wildman–Crippen LogP) is 2.86. The molecule has 1 saturated carbocycles. The SMILES string of the molecule is CCC1CCc2sc(C(=O)NCC3(C(=O)O)CC3)cc2C1. The number of aryl methyl sites for hydroxylation is 1. The number of carboxylic acids is 1. The third kappa shape index (κ3) is 2.84. The second-order valence-corrected chi connectivity index (χ2v) is 7.48. The lowest BCUT2D eigenvalue weighted by Gasteiger charge is -2.19. The number of aliphatic carboxylic acids is 1. The van der Waals surface area contributed by atoms with Gasteiger partial charge in [0.05, 0.1) is 10.3 Å². The number of hydrogen-bond donors (Lipinski definition) is 2. The van der Waals surface area contributed by atoms with Gasteiger partial charge in [0, 0.05) is 11.4 Å². The molecule has 1 aromatic rings. The van der Waals surface area contributed by atoms with E-state index < -0.39 is 11.4 Å². The van der Waals surface area contributed by atoms with Gasteiger partial charge in [0.1, 0.15) is 0 Å². The Morgan fingerprint density at radius 3 is 2.86 bits per heavy atom. The van der Waals surface area contributed by atoms with E-state index in [1.54, 1.807) is 11.3 Å². The Morgan fingerprint density at radius 2 is 2.24 bits per heavy atom. The van der Waals surface area contributed by atoms with Gasteiger partial charge in [-0.3, -0.25) is 9.59 Å². The molecule has 4 nitrogen and oxygen atoms in total. The van der Waals surface area contributed by atoms with Crippen LogP contribution < -0.4 is 5.32 Å². The molecule has 0 bridgehead atoms. The normalized spacial score (nSPS) is 22.4. The van der Waals surface area contributed by atoms with Gasteiger partial charge in [-0.2, -0.15) is 0 Å². The van der Waals surface area contributed by atoms with Crippen molar-refractivity contribution in [3.05, 3.63) is 21.4 Å². The Hall–Kier alpha value is -1.36. The molecule has 2 N–H and O–H groups in total. The van der Waals surface area contributed by atoms with Crippen LogP contribution >= 0.6 is 11.3 Å². The Morgan fingerprint density at radius 1 is 1.48 bits per heavy atom. The average Bonchev–Trinajstić information content (AvgIpc) is 3.16. The van der Waals surface area contributed by atoms with E-state index in [0.717, 1.165) is 23.6 Å². The van der Waals surface area contributed by atoms with Crippen molar-refractivity contribution in [2.24, 2.45) is 11.3 Å². The first kappa shape index (κ1) is 14.6. The number of amides is 1. The molecule has 2 aliphatic carbocycles. The zero-order valence-electron chi connectivity index (χ0n) is 12.3. The van der Waals surface area contributed by atoms with Gasteiger partial charge in [-0.15, -0.1) is 11.3 Å². The summed E-state index contributed by atoms with van der Waals surface area (Å²) in [6.45, 7) is 2.47. The number of nitrogens with one attached hydrogen (secondary N) is 1. The maximum Gasteiger partial charge on any atom is 0.311 e. The predicted molar refractivity (Wildman–Crippen MR) is 81.8 cm³/mol. The lowest BCUT2D eigenvalue weighted by molar-refractivity contribution is -0.143. The molecular formula is C16H21NO3S. The zero-order chi connectivity index (χ0) is 15.0. The molecule has 0 radical (unpaired) electrons. The first-order chi connectivity index (χ1) is 10.0. The Bertz CT molecular complexity index is 574. The third-order valence-corrected chi connectivity index (χ3v) is 6.12. The maximum absolute atomic E-state index is 12.2. The molecule has 5 heteroatoms. The lowest BCUT2D eigenvalue weighted by atomic mass is 9.87. The fourth-order valence-electron chi connectivity index (χ4n) is 3.01. The number of hydrogen-bond acceptors (Lipinski definition) is 3. The number of rotatable bonds is 5. The van der Waals surface area contributed by atoms with Crippen molar-refractivity contribution in [3.63, 3.8) is 0 Å². The van der Waals surface area contributed by atoms with Gasteiger partial charge in [-0.05, 0) is 49.7 Å². The molecule has 1 aromatic heterocycles. The zero-order valence-corrected chi connectivity index (χ0v) is 13.1. The van der Waals surface area contributed by atoms with Crippen molar-refractivity contribution in [1.82, 2.24) is 5.32 Å². The molecule has 1 fully saturated rings. The van der Waals surface area contributed by atoms with Crippen molar-refractivity contribution in [2.75, 3.05) is 6.54 Å². The fraction of sp³-hybridized carbons (Fsp3) is 0.625. The summed E-state index contributed by atoms with van der Waals surface area (Å²) in [7, 11) is 0. The first-order valence-electron chi connectivity index (χ1n) is 7.67. The number of carbonyl (C=O) groups is 2.